The number of rotatable bonds is 14. The first-order valence-electron chi connectivity index (χ1n) is 17.1. The van der Waals surface area contributed by atoms with Crippen LogP contribution >= 0.6 is 0 Å². The standard InChI is InChI=1S/C39H40N6O8S/c1-4-25-21-39(25,38(49)44-54(50,51)28-14-10-7-11-15-28)43-36(47)33-19-27(23-45(33)37(48)30(40)22-41-35(46)5-2)53-34-20-31(24-12-8-6-9-13-24)42-32-18-26(52-3)16-17-29(32)34/h4-18,20,25,27,30,33H,1-2,19,21-23,40H2,3H3,(H,41,46)(H,43,47)(H,44,49)/t25-,27?,30+,33+,39-/m1/s1. The van der Waals surface area contributed by atoms with Crippen molar-refractivity contribution in [1.29, 1.82) is 0 Å². The summed E-state index contributed by atoms with van der Waals surface area (Å²) >= 11 is 0. The van der Waals surface area contributed by atoms with Crippen LogP contribution in [0, 0.1) is 5.92 Å². The van der Waals surface area contributed by atoms with Crippen LogP contribution in [-0.2, 0) is 29.2 Å². The Balaban J connectivity index is 1.30. The number of carbonyl (C=O) groups excluding carboxylic acids is 4. The molecule has 5 N–H and O–H groups in total. The largest absolute Gasteiger partial charge is 0.497 e. The Kier molecular flexibility index (Phi) is 10.8. The fourth-order valence-corrected chi connectivity index (χ4v) is 7.56. The number of hydrogen-bond acceptors (Lipinski definition) is 10. The van der Waals surface area contributed by atoms with E-state index in [2.05, 4.69) is 28.5 Å². The Morgan fingerprint density at radius 3 is 2.39 bits per heavy atom. The molecule has 4 aromatic rings. The van der Waals surface area contributed by atoms with Crippen LogP contribution in [-0.4, -0.2) is 85.9 Å². The number of carbonyl (C=O) groups is 4. The molecule has 0 radical (unpaired) electrons. The first-order valence-corrected chi connectivity index (χ1v) is 18.6. The van der Waals surface area contributed by atoms with Gasteiger partial charge in [-0.3, -0.25) is 19.2 Å². The molecule has 2 fully saturated rings. The van der Waals surface area contributed by atoms with Crippen molar-refractivity contribution in [2.24, 2.45) is 11.7 Å². The van der Waals surface area contributed by atoms with Crippen molar-refractivity contribution >= 4 is 44.6 Å². The van der Waals surface area contributed by atoms with E-state index < -0.39 is 63.3 Å². The lowest BCUT2D eigenvalue weighted by molar-refractivity contribution is -0.140. The van der Waals surface area contributed by atoms with Gasteiger partial charge in [-0.05, 0) is 36.8 Å². The first kappa shape index (κ1) is 37.7. The van der Waals surface area contributed by atoms with Crippen molar-refractivity contribution in [2.75, 3.05) is 20.2 Å². The Bertz CT molecular complexity index is 2220. The fraction of sp³-hybridized carbons (Fsp3) is 0.256. The number of nitrogens with two attached hydrogens (primary N) is 1. The maximum atomic E-state index is 14.2. The van der Waals surface area contributed by atoms with Gasteiger partial charge in [0.15, 0.2) is 0 Å². The van der Waals surface area contributed by atoms with E-state index in [-0.39, 0.29) is 30.8 Å². The van der Waals surface area contributed by atoms with E-state index in [0.717, 1.165) is 11.6 Å². The van der Waals surface area contributed by atoms with E-state index in [0.29, 0.717) is 28.1 Å². The zero-order chi connectivity index (χ0) is 38.6. The van der Waals surface area contributed by atoms with Crippen molar-refractivity contribution in [3.05, 3.63) is 110 Å². The van der Waals surface area contributed by atoms with Crippen molar-refractivity contribution < 1.29 is 37.1 Å². The molecule has 1 unspecified atom stereocenters. The predicted molar refractivity (Wildman–Crippen MR) is 200 cm³/mol. The second kappa shape index (κ2) is 15.5. The number of aromatic nitrogens is 1. The number of benzene rings is 3. The quantitative estimate of drug-likeness (QED) is 0.110. The number of pyridine rings is 1. The van der Waals surface area contributed by atoms with Crippen LogP contribution in [0.5, 0.6) is 11.5 Å². The molecule has 14 nitrogen and oxygen atoms in total. The predicted octanol–water partition coefficient (Wildman–Crippen LogP) is 2.45. The molecule has 2 heterocycles. The maximum absolute atomic E-state index is 14.2. The molecule has 4 amide bonds. The minimum Gasteiger partial charge on any atom is -0.497 e. The van der Waals surface area contributed by atoms with Gasteiger partial charge in [-0.2, -0.15) is 0 Å². The SMILES string of the molecule is C=CC(=O)NC[C@H](N)C(=O)N1CC(Oc2cc(-c3ccccc3)nc3cc(OC)ccc23)C[C@H]1C(=O)N[C@]1(C(=O)NS(=O)(=O)c2ccccc2)C[C@H]1C=C. The van der Waals surface area contributed by atoms with Gasteiger partial charge in [-0.1, -0.05) is 61.2 Å². The molecule has 0 bridgehead atoms. The summed E-state index contributed by atoms with van der Waals surface area (Å²) in [6.07, 6.45) is 1.84. The number of ether oxygens (including phenoxy) is 2. The Morgan fingerprint density at radius 1 is 1.04 bits per heavy atom. The number of amides is 4. The molecular weight excluding hydrogens is 713 g/mol. The number of fused-ring (bicyclic) bond motifs is 1. The highest BCUT2D eigenvalue weighted by molar-refractivity contribution is 7.90. The molecule has 6 rings (SSSR count). The smallest absolute Gasteiger partial charge is 0.264 e. The van der Waals surface area contributed by atoms with E-state index in [1.54, 1.807) is 37.4 Å². The van der Waals surface area contributed by atoms with E-state index in [9.17, 15) is 27.6 Å². The number of methoxy groups -OCH3 is 1. The van der Waals surface area contributed by atoms with E-state index in [1.165, 1.54) is 35.2 Å². The molecule has 1 aliphatic carbocycles. The Labute approximate surface area is 312 Å². The van der Waals surface area contributed by atoms with Gasteiger partial charge in [0.05, 0.1) is 29.8 Å². The van der Waals surface area contributed by atoms with Gasteiger partial charge >= 0.3 is 0 Å². The topological polar surface area (TPSA) is 199 Å². The summed E-state index contributed by atoms with van der Waals surface area (Å²) in [6, 6.07) is 21.6. The molecule has 1 aromatic heterocycles. The fourth-order valence-electron chi connectivity index (χ4n) is 6.50. The van der Waals surface area contributed by atoms with Crippen LogP contribution in [0.15, 0.2) is 115 Å². The van der Waals surface area contributed by atoms with Crippen LogP contribution < -0.4 is 30.6 Å². The van der Waals surface area contributed by atoms with Crippen molar-refractivity contribution in [1.82, 2.24) is 25.2 Å². The summed E-state index contributed by atoms with van der Waals surface area (Å²) in [5.41, 5.74) is 6.63. The monoisotopic (exact) mass is 752 g/mol. The second-order valence-electron chi connectivity index (χ2n) is 13.0. The molecule has 1 aliphatic heterocycles. The van der Waals surface area contributed by atoms with Gasteiger partial charge in [-0.25, -0.2) is 18.1 Å². The second-order valence-corrected chi connectivity index (χ2v) is 14.7. The third kappa shape index (κ3) is 7.82. The van der Waals surface area contributed by atoms with E-state index in [1.807, 2.05) is 30.3 Å². The molecule has 3 aromatic carbocycles. The molecule has 54 heavy (non-hydrogen) atoms. The average Bonchev–Trinajstić information content (AvgIpc) is 3.75. The lowest BCUT2D eigenvalue weighted by atomic mass is 10.1. The lowest BCUT2D eigenvalue weighted by Gasteiger charge is -2.28. The molecule has 280 valence electrons. The van der Waals surface area contributed by atoms with Crippen LogP contribution in [0.3, 0.4) is 0 Å². The van der Waals surface area contributed by atoms with Gasteiger partial charge in [-0.15, -0.1) is 6.58 Å². The Morgan fingerprint density at radius 2 is 1.74 bits per heavy atom. The summed E-state index contributed by atoms with van der Waals surface area (Å²) in [5.74, 6) is -2.40. The average molecular weight is 753 g/mol. The highest BCUT2D eigenvalue weighted by Gasteiger charge is 2.61. The molecule has 1 saturated carbocycles. The van der Waals surface area contributed by atoms with E-state index >= 15 is 0 Å². The highest BCUT2D eigenvalue weighted by Crippen LogP contribution is 2.45. The maximum Gasteiger partial charge on any atom is 0.264 e. The third-order valence-corrected chi connectivity index (χ3v) is 10.9. The molecule has 15 heteroatoms. The lowest BCUT2D eigenvalue weighted by Crippen LogP contribution is -2.58. The first-order chi connectivity index (χ1) is 25.9. The van der Waals surface area contributed by atoms with Crippen molar-refractivity contribution in [3.63, 3.8) is 0 Å². The number of likely N-dealkylation sites (tertiary alicyclic amines) is 1. The molecule has 2 aliphatic rings. The van der Waals surface area contributed by atoms with Crippen LogP contribution in [0.1, 0.15) is 12.8 Å². The van der Waals surface area contributed by atoms with Crippen LogP contribution in [0.4, 0.5) is 0 Å². The van der Waals surface area contributed by atoms with Crippen molar-refractivity contribution in [2.45, 2.75) is 41.5 Å². The summed E-state index contributed by atoms with van der Waals surface area (Å²) in [5, 5.41) is 5.90. The number of nitrogens with zero attached hydrogens (tertiary/aromatic N) is 2. The van der Waals surface area contributed by atoms with Gasteiger partial charge < -0.3 is 30.7 Å². The molecule has 0 spiro atoms. The minimum absolute atomic E-state index is 0.0112. The zero-order valence-corrected chi connectivity index (χ0v) is 30.3. The summed E-state index contributed by atoms with van der Waals surface area (Å²) < 4.78 is 40.2. The molecule has 5 atom stereocenters. The normalized spacial score (nSPS) is 21.0. The van der Waals surface area contributed by atoms with Gasteiger partial charge in [0.25, 0.3) is 15.9 Å². The van der Waals surface area contributed by atoms with Crippen LogP contribution in [0.25, 0.3) is 22.2 Å². The van der Waals surface area contributed by atoms with Gasteiger partial charge in [0, 0.05) is 42.0 Å². The summed E-state index contributed by atoms with van der Waals surface area (Å²) in [6.45, 7) is 6.85. The molecular formula is C39H40N6O8S. The highest BCUT2D eigenvalue weighted by atomic mass is 32.2. The van der Waals surface area contributed by atoms with Gasteiger partial charge in [0.1, 0.15) is 35.2 Å². The number of nitrogens with one attached hydrogen (secondary N) is 3. The summed E-state index contributed by atoms with van der Waals surface area (Å²) in [4.78, 5) is 59.5. The van der Waals surface area contributed by atoms with Gasteiger partial charge in [0.2, 0.25) is 17.7 Å². The summed E-state index contributed by atoms with van der Waals surface area (Å²) in [7, 11) is -2.72. The molecule has 1 saturated heterocycles. The Hall–Kier alpha value is -6.06. The number of sulfonamides is 1. The zero-order valence-electron chi connectivity index (χ0n) is 29.4. The van der Waals surface area contributed by atoms with E-state index in [4.69, 9.17) is 20.2 Å². The minimum atomic E-state index is -4.27. The number of hydrogen-bond donors (Lipinski definition) is 4. The van der Waals surface area contributed by atoms with Crippen molar-refractivity contribution in [3.8, 4) is 22.8 Å². The third-order valence-electron chi connectivity index (χ3n) is 9.52. The van der Waals surface area contributed by atoms with Crippen LogP contribution in [0.2, 0.25) is 0 Å².